The number of fused-ring (bicyclic) bond motifs is 1. The quantitative estimate of drug-likeness (QED) is 0.273. The van der Waals surface area contributed by atoms with E-state index in [2.05, 4.69) is 0 Å². The lowest BCUT2D eigenvalue weighted by Crippen LogP contribution is -2.80. The number of carbonyl (C=O) groups is 1. The van der Waals surface area contributed by atoms with E-state index in [-0.39, 0.29) is 12.8 Å². The largest absolute Gasteiger partial charge is 0.456 e. The van der Waals surface area contributed by atoms with Gasteiger partial charge in [0.25, 0.3) is 0 Å². The van der Waals surface area contributed by atoms with Gasteiger partial charge in [0, 0.05) is 12.3 Å². The first kappa shape index (κ1) is 18.5. The van der Waals surface area contributed by atoms with E-state index in [0.29, 0.717) is 0 Å². The number of hydrogen-bond acceptors (Lipinski definition) is 10. The van der Waals surface area contributed by atoms with Gasteiger partial charge in [0.15, 0.2) is 6.29 Å². The molecule has 26 heavy (non-hydrogen) atoms. The van der Waals surface area contributed by atoms with Gasteiger partial charge in [0.05, 0.1) is 19.3 Å². The summed E-state index contributed by atoms with van der Waals surface area (Å²) in [4.78, 5) is 12.6. The number of aliphatic hydroxyl groups excluding tert-OH is 6. The van der Waals surface area contributed by atoms with E-state index in [1.165, 1.54) is 0 Å². The van der Waals surface area contributed by atoms with Crippen molar-refractivity contribution in [3.8, 4) is 0 Å². The van der Waals surface area contributed by atoms with Gasteiger partial charge < -0.3 is 44.8 Å². The van der Waals surface area contributed by atoms with Gasteiger partial charge in [-0.15, -0.1) is 0 Å². The van der Waals surface area contributed by atoms with Crippen LogP contribution < -0.4 is 0 Å². The molecule has 0 amide bonds. The molecule has 2 heterocycles. The monoisotopic (exact) mass is 376 g/mol. The molecule has 2 saturated heterocycles. The molecular weight excluding hydrogens is 352 g/mol. The summed E-state index contributed by atoms with van der Waals surface area (Å²) in [7, 11) is 0. The fraction of sp³-hybridized carbons (Fsp3) is 0.938. The Morgan fingerprint density at radius 2 is 1.81 bits per heavy atom. The Kier molecular flexibility index (Phi) is 3.97. The SMILES string of the molecule is CC12CC(O)C3CC1(OC1OC(CO)C(O)C(O)C1O)C3(CO)C(=O)O2. The molecule has 148 valence electrons. The summed E-state index contributed by atoms with van der Waals surface area (Å²) < 4.78 is 16.9. The summed E-state index contributed by atoms with van der Waals surface area (Å²) in [5.41, 5.74) is -4.10. The predicted octanol–water partition coefficient (Wildman–Crippen LogP) is -3.38. The van der Waals surface area contributed by atoms with Crippen LogP contribution in [0, 0.1) is 11.3 Å². The van der Waals surface area contributed by atoms with Crippen LogP contribution in [0.25, 0.3) is 0 Å². The molecule has 2 aliphatic heterocycles. The van der Waals surface area contributed by atoms with Crippen LogP contribution in [-0.4, -0.2) is 97.8 Å². The molecule has 0 aromatic carbocycles. The molecule has 3 aliphatic carbocycles. The maximum atomic E-state index is 12.6. The van der Waals surface area contributed by atoms with E-state index in [1.807, 2.05) is 0 Å². The Bertz CT molecular complexity index is 612. The van der Waals surface area contributed by atoms with Gasteiger partial charge in [-0.2, -0.15) is 0 Å². The molecule has 0 radical (unpaired) electrons. The molecular formula is C16H24O10. The van der Waals surface area contributed by atoms with Gasteiger partial charge in [0.1, 0.15) is 41.0 Å². The molecule has 0 spiro atoms. The van der Waals surface area contributed by atoms with Crippen molar-refractivity contribution in [2.75, 3.05) is 13.2 Å². The number of hydrogen-bond donors (Lipinski definition) is 6. The Balaban J connectivity index is 1.68. The van der Waals surface area contributed by atoms with Crippen molar-refractivity contribution in [1.82, 2.24) is 0 Å². The van der Waals surface area contributed by atoms with Gasteiger partial charge in [-0.3, -0.25) is 4.79 Å². The van der Waals surface area contributed by atoms with Gasteiger partial charge in [-0.25, -0.2) is 0 Å². The highest BCUT2D eigenvalue weighted by Gasteiger charge is 2.88. The highest BCUT2D eigenvalue weighted by molar-refractivity contribution is 5.86. The molecule has 3 saturated carbocycles. The normalized spacial score (nSPS) is 58.3. The van der Waals surface area contributed by atoms with Crippen molar-refractivity contribution in [2.45, 2.75) is 67.8 Å². The third-order valence-electron chi connectivity index (χ3n) is 6.88. The van der Waals surface area contributed by atoms with Crippen LogP contribution in [0.5, 0.6) is 0 Å². The minimum absolute atomic E-state index is 0.0998. The molecule has 5 aliphatic rings. The fourth-order valence-electron chi connectivity index (χ4n) is 5.38. The van der Waals surface area contributed by atoms with Gasteiger partial charge in [-0.1, -0.05) is 0 Å². The molecule has 0 aromatic heterocycles. The van der Waals surface area contributed by atoms with Crippen LogP contribution in [0.4, 0.5) is 0 Å². The smallest absolute Gasteiger partial charge is 0.318 e. The van der Waals surface area contributed by atoms with Gasteiger partial charge >= 0.3 is 5.97 Å². The fourth-order valence-corrected chi connectivity index (χ4v) is 5.38. The van der Waals surface area contributed by atoms with Crippen molar-refractivity contribution in [2.24, 2.45) is 11.3 Å². The van der Waals surface area contributed by atoms with Crippen molar-refractivity contribution in [3.63, 3.8) is 0 Å². The van der Waals surface area contributed by atoms with Crippen LogP contribution in [0.1, 0.15) is 19.8 Å². The van der Waals surface area contributed by atoms with Crippen LogP contribution in [0.3, 0.4) is 0 Å². The summed E-state index contributed by atoms with van der Waals surface area (Å²) >= 11 is 0. The molecule has 4 bridgehead atoms. The van der Waals surface area contributed by atoms with Crippen LogP contribution >= 0.6 is 0 Å². The molecule has 6 N–H and O–H groups in total. The van der Waals surface area contributed by atoms with Crippen LogP contribution in [0.15, 0.2) is 0 Å². The van der Waals surface area contributed by atoms with Crippen molar-refractivity contribution >= 4 is 5.97 Å². The highest BCUT2D eigenvalue weighted by Crippen LogP contribution is 2.73. The van der Waals surface area contributed by atoms with E-state index in [4.69, 9.17) is 14.2 Å². The first-order valence-electron chi connectivity index (χ1n) is 8.68. The second kappa shape index (κ2) is 5.58. The zero-order chi connectivity index (χ0) is 19.1. The van der Waals surface area contributed by atoms with Gasteiger partial charge in [-0.05, 0) is 13.3 Å². The van der Waals surface area contributed by atoms with E-state index < -0.39 is 78.5 Å². The summed E-state index contributed by atoms with van der Waals surface area (Å²) in [5, 5.41) is 59.8. The average molecular weight is 376 g/mol. The third kappa shape index (κ3) is 1.86. The van der Waals surface area contributed by atoms with Crippen LogP contribution in [-0.2, 0) is 19.0 Å². The summed E-state index contributed by atoms with van der Waals surface area (Å²) in [5.74, 6) is -1.24. The first-order valence-corrected chi connectivity index (χ1v) is 8.68. The number of esters is 1. The molecule has 10 heteroatoms. The molecule has 0 aromatic rings. The van der Waals surface area contributed by atoms with Crippen molar-refractivity contribution in [1.29, 1.82) is 0 Å². The maximum Gasteiger partial charge on any atom is 0.318 e. The average Bonchev–Trinajstić information content (AvgIpc) is 2.64. The Morgan fingerprint density at radius 3 is 2.42 bits per heavy atom. The van der Waals surface area contributed by atoms with E-state index in [9.17, 15) is 35.4 Å². The topological polar surface area (TPSA) is 166 Å². The lowest BCUT2D eigenvalue weighted by molar-refractivity contribution is -0.394. The maximum absolute atomic E-state index is 12.6. The molecule has 5 rings (SSSR count). The zero-order valence-electron chi connectivity index (χ0n) is 14.2. The second-order valence-electron chi connectivity index (χ2n) is 7.97. The highest BCUT2D eigenvalue weighted by atomic mass is 16.7. The minimum Gasteiger partial charge on any atom is -0.456 e. The summed E-state index contributed by atoms with van der Waals surface area (Å²) in [6, 6.07) is 0. The summed E-state index contributed by atoms with van der Waals surface area (Å²) in [6.45, 7) is 0.364. The third-order valence-corrected chi connectivity index (χ3v) is 6.88. The van der Waals surface area contributed by atoms with Crippen molar-refractivity contribution in [3.05, 3.63) is 0 Å². The lowest BCUT2D eigenvalue weighted by Gasteiger charge is -2.66. The molecule has 10 nitrogen and oxygen atoms in total. The van der Waals surface area contributed by atoms with Crippen LogP contribution in [0.2, 0.25) is 0 Å². The Morgan fingerprint density at radius 1 is 1.12 bits per heavy atom. The Hall–Kier alpha value is -0.850. The van der Waals surface area contributed by atoms with E-state index in [1.54, 1.807) is 6.92 Å². The van der Waals surface area contributed by atoms with E-state index >= 15 is 0 Å². The lowest BCUT2D eigenvalue weighted by atomic mass is 9.41. The standard InChI is InChI=1S/C16H24O10/c1-14-3-7(19)6-2-16(14,15(6,5-18)13(23)26-14)25-12-11(22)10(21)9(20)8(4-17)24-12/h6-12,17-22H,2-5H2,1H3. The molecule has 10 atom stereocenters. The first-order chi connectivity index (χ1) is 12.2. The van der Waals surface area contributed by atoms with Crippen molar-refractivity contribution < 1.29 is 49.6 Å². The zero-order valence-corrected chi connectivity index (χ0v) is 14.2. The predicted molar refractivity (Wildman–Crippen MR) is 80.3 cm³/mol. The number of rotatable bonds is 4. The van der Waals surface area contributed by atoms with Gasteiger partial charge in [0.2, 0.25) is 0 Å². The number of ether oxygens (including phenoxy) is 3. The Labute approximate surface area is 148 Å². The second-order valence-corrected chi connectivity index (χ2v) is 7.97. The summed E-state index contributed by atoms with van der Waals surface area (Å²) in [6.07, 6.45) is -7.96. The molecule has 5 fully saturated rings. The molecule has 10 unspecified atom stereocenters. The van der Waals surface area contributed by atoms with E-state index in [0.717, 1.165) is 0 Å². The number of carbonyl (C=O) groups excluding carboxylic acids is 1. The number of aliphatic hydroxyl groups is 6. The minimum atomic E-state index is -1.64.